The van der Waals surface area contributed by atoms with Crippen LogP contribution in [0, 0.1) is 5.82 Å². The van der Waals surface area contributed by atoms with Crippen LogP contribution in [0.5, 0.6) is 5.75 Å². The zero-order valence-electron chi connectivity index (χ0n) is 14.5. The van der Waals surface area contributed by atoms with E-state index in [1.165, 1.54) is 44.4 Å². The van der Waals surface area contributed by atoms with Gasteiger partial charge < -0.3 is 14.8 Å². The maximum absolute atomic E-state index is 13.7. The topological polar surface area (TPSA) is 64.6 Å². The van der Waals surface area contributed by atoms with Crippen LogP contribution in [0.15, 0.2) is 42.5 Å². The minimum atomic E-state index is -1.11. The van der Waals surface area contributed by atoms with Crippen LogP contribution >= 0.6 is 23.2 Å². The fraction of sp³-hybridized carbons (Fsp3) is 0.158. The van der Waals surface area contributed by atoms with Crippen molar-refractivity contribution in [2.45, 2.75) is 13.0 Å². The van der Waals surface area contributed by atoms with Gasteiger partial charge in [0.15, 0.2) is 6.10 Å². The number of rotatable bonds is 6. The first-order valence-electron chi connectivity index (χ1n) is 7.79. The molecule has 0 fully saturated rings. The summed E-state index contributed by atoms with van der Waals surface area (Å²) in [6, 6.07) is 8.86. The summed E-state index contributed by atoms with van der Waals surface area (Å²) in [7, 11) is 1.45. The van der Waals surface area contributed by atoms with E-state index >= 15 is 0 Å². The highest BCUT2D eigenvalue weighted by Crippen LogP contribution is 2.28. The third-order valence-corrected chi connectivity index (χ3v) is 4.03. The molecule has 5 nitrogen and oxygen atoms in total. The Kier molecular flexibility index (Phi) is 7.21. The van der Waals surface area contributed by atoms with E-state index in [4.69, 9.17) is 32.7 Å². The molecule has 2 aromatic rings. The van der Waals surface area contributed by atoms with Crippen molar-refractivity contribution in [1.29, 1.82) is 0 Å². The molecular formula is C19H16Cl2FNO4. The molecule has 1 N–H and O–H groups in total. The van der Waals surface area contributed by atoms with Crippen molar-refractivity contribution in [3.8, 4) is 5.75 Å². The summed E-state index contributed by atoms with van der Waals surface area (Å²) in [5.41, 5.74) is 0.392. The summed E-state index contributed by atoms with van der Waals surface area (Å²) < 4.78 is 23.8. The van der Waals surface area contributed by atoms with Gasteiger partial charge in [-0.2, -0.15) is 0 Å². The van der Waals surface area contributed by atoms with Gasteiger partial charge in [0.2, 0.25) is 0 Å². The lowest BCUT2D eigenvalue weighted by molar-refractivity contribution is -0.148. The van der Waals surface area contributed by atoms with Crippen LogP contribution in [0.2, 0.25) is 10.0 Å². The molecule has 0 unspecified atom stereocenters. The van der Waals surface area contributed by atoms with Crippen LogP contribution in [0.1, 0.15) is 12.5 Å². The van der Waals surface area contributed by atoms with Crippen molar-refractivity contribution in [3.63, 3.8) is 0 Å². The average Bonchev–Trinajstić information content (AvgIpc) is 2.61. The standard InChI is InChI=1S/C19H16Cl2FNO4/c1-11(19(25)23-16-10-12(20)6-8-17(16)26-2)27-18(24)9-7-13-14(21)4-3-5-15(13)22/h3-11H,1-2H3,(H,23,25)/b9-7+/t11-/m1/s1. The first-order chi connectivity index (χ1) is 12.8. The lowest BCUT2D eigenvalue weighted by atomic mass is 10.2. The van der Waals surface area contributed by atoms with Crippen LogP contribution in [0.25, 0.3) is 6.08 Å². The summed E-state index contributed by atoms with van der Waals surface area (Å²) in [4.78, 5) is 24.1. The zero-order chi connectivity index (χ0) is 20.0. The van der Waals surface area contributed by atoms with Gasteiger partial charge in [-0.15, -0.1) is 0 Å². The third-order valence-electron chi connectivity index (χ3n) is 3.47. The van der Waals surface area contributed by atoms with Crippen LogP contribution < -0.4 is 10.1 Å². The third kappa shape index (κ3) is 5.70. The molecule has 0 saturated heterocycles. The molecule has 0 bridgehead atoms. The Morgan fingerprint density at radius 1 is 1.22 bits per heavy atom. The molecule has 0 aliphatic carbocycles. The molecule has 1 amide bonds. The van der Waals surface area contributed by atoms with E-state index in [9.17, 15) is 14.0 Å². The van der Waals surface area contributed by atoms with Crippen molar-refractivity contribution < 1.29 is 23.5 Å². The summed E-state index contributed by atoms with van der Waals surface area (Å²) in [5, 5.41) is 3.12. The Morgan fingerprint density at radius 3 is 2.63 bits per heavy atom. The number of anilines is 1. The van der Waals surface area contributed by atoms with Crippen molar-refractivity contribution in [3.05, 3.63) is 63.9 Å². The Morgan fingerprint density at radius 2 is 1.96 bits per heavy atom. The summed E-state index contributed by atoms with van der Waals surface area (Å²) >= 11 is 11.8. The number of amides is 1. The molecular weight excluding hydrogens is 396 g/mol. The van der Waals surface area contributed by atoms with E-state index in [-0.39, 0.29) is 10.6 Å². The second kappa shape index (κ2) is 9.39. The first-order valence-corrected chi connectivity index (χ1v) is 8.54. The predicted octanol–water partition coefficient (Wildman–Crippen LogP) is 4.72. The molecule has 0 radical (unpaired) electrons. The van der Waals surface area contributed by atoms with Gasteiger partial charge in [0.05, 0.1) is 17.8 Å². The molecule has 0 aromatic heterocycles. The van der Waals surface area contributed by atoms with Gasteiger partial charge >= 0.3 is 5.97 Å². The number of nitrogens with one attached hydrogen (secondary N) is 1. The summed E-state index contributed by atoms with van der Waals surface area (Å²) in [5.74, 6) is -1.58. The van der Waals surface area contributed by atoms with E-state index < -0.39 is 23.8 Å². The number of carbonyl (C=O) groups is 2. The maximum atomic E-state index is 13.7. The summed E-state index contributed by atoms with van der Waals surface area (Å²) in [6.45, 7) is 1.40. The van der Waals surface area contributed by atoms with Crippen molar-refractivity contribution >= 4 is 46.8 Å². The maximum Gasteiger partial charge on any atom is 0.331 e. The Labute approximate surface area is 165 Å². The lowest BCUT2D eigenvalue weighted by Crippen LogP contribution is -2.29. The van der Waals surface area contributed by atoms with E-state index in [1.54, 1.807) is 12.1 Å². The second-order valence-corrected chi connectivity index (χ2v) is 6.23. The lowest BCUT2D eigenvalue weighted by Gasteiger charge is -2.14. The van der Waals surface area contributed by atoms with Crippen LogP contribution in [-0.4, -0.2) is 25.1 Å². The van der Waals surface area contributed by atoms with E-state index in [2.05, 4.69) is 5.32 Å². The molecule has 0 heterocycles. The quantitative estimate of drug-likeness (QED) is 0.551. The van der Waals surface area contributed by atoms with Gasteiger partial charge in [0.1, 0.15) is 11.6 Å². The zero-order valence-corrected chi connectivity index (χ0v) is 16.0. The van der Waals surface area contributed by atoms with Gasteiger partial charge in [-0.3, -0.25) is 4.79 Å². The van der Waals surface area contributed by atoms with E-state index in [0.717, 1.165) is 6.08 Å². The number of carbonyl (C=O) groups excluding carboxylic acids is 2. The molecule has 0 saturated carbocycles. The van der Waals surface area contributed by atoms with Crippen molar-refractivity contribution in [2.24, 2.45) is 0 Å². The molecule has 2 rings (SSSR count). The molecule has 0 aliphatic rings. The predicted molar refractivity (Wildman–Crippen MR) is 103 cm³/mol. The molecule has 2 aromatic carbocycles. The number of hydrogen-bond donors (Lipinski definition) is 1. The highest BCUT2D eigenvalue weighted by molar-refractivity contribution is 6.32. The highest BCUT2D eigenvalue weighted by Gasteiger charge is 2.18. The van der Waals surface area contributed by atoms with Gasteiger partial charge in [0, 0.05) is 16.7 Å². The van der Waals surface area contributed by atoms with Gasteiger partial charge in [0.25, 0.3) is 5.91 Å². The fourth-order valence-corrected chi connectivity index (χ4v) is 2.50. The SMILES string of the molecule is COc1ccc(Cl)cc1NC(=O)[C@@H](C)OC(=O)/C=C/c1c(F)cccc1Cl. The Hall–Kier alpha value is -2.57. The van der Waals surface area contributed by atoms with Gasteiger partial charge in [-0.25, -0.2) is 9.18 Å². The molecule has 0 aliphatic heterocycles. The molecule has 1 atom stereocenters. The number of hydrogen-bond acceptors (Lipinski definition) is 4. The van der Waals surface area contributed by atoms with E-state index in [1.807, 2.05) is 0 Å². The van der Waals surface area contributed by atoms with Crippen LogP contribution in [0.4, 0.5) is 10.1 Å². The Balaban J connectivity index is 2.01. The number of methoxy groups -OCH3 is 1. The smallest absolute Gasteiger partial charge is 0.331 e. The van der Waals surface area contributed by atoms with Crippen LogP contribution in [0.3, 0.4) is 0 Å². The normalized spacial score (nSPS) is 11.9. The molecule has 0 spiro atoms. The molecule has 27 heavy (non-hydrogen) atoms. The minimum Gasteiger partial charge on any atom is -0.495 e. The molecule has 142 valence electrons. The number of halogens is 3. The first kappa shape index (κ1) is 20.7. The highest BCUT2D eigenvalue weighted by atomic mass is 35.5. The van der Waals surface area contributed by atoms with Gasteiger partial charge in [-0.05, 0) is 43.3 Å². The summed E-state index contributed by atoms with van der Waals surface area (Å²) in [6.07, 6.45) is 1.07. The van der Waals surface area contributed by atoms with Crippen LogP contribution in [-0.2, 0) is 14.3 Å². The van der Waals surface area contributed by atoms with Gasteiger partial charge in [-0.1, -0.05) is 29.3 Å². The average molecular weight is 412 g/mol. The van der Waals surface area contributed by atoms with Crippen molar-refractivity contribution in [2.75, 3.05) is 12.4 Å². The number of ether oxygens (including phenoxy) is 2. The number of esters is 1. The minimum absolute atomic E-state index is 0.0527. The molecule has 8 heteroatoms. The van der Waals surface area contributed by atoms with E-state index in [0.29, 0.717) is 16.5 Å². The monoisotopic (exact) mass is 411 g/mol. The second-order valence-electron chi connectivity index (χ2n) is 5.38. The fourth-order valence-electron chi connectivity index (χ4n) is 2.10. The Bertz CT molecular complexity index is 866. The number of benzene rings is 2. The van der Waals surface area contributed by atoms with Crippen molar-refractivity contribution in [1.82, 2.24) is 0 Å². The largest absolute Gasteiger partial charge is 0.495 e.